The Bertz CT molecular complexity index is 768. The third kappa shape index (κ3) is 4.77. The maximum absolute atomic E-state index is 12.3. The summed E-state index contributed by atoms with van der Waals surface area (Å²) < 4.78 is 0. The molecule has 2 atom stereocenters. The molecule has 27 heavy (non-hydrogen) atoms. The molecule has 2 aliphatic rings. The van der Waals surface area contributed by atoms with E-state index in [9.17, 15) is 4.79 Å². The Kier molecular flexibility index (Phi) is 5.89. The van der Waals surface area contributed by atoms with Gasteiger partial charge in [-0.15, -0.1) is 11.3 Å². The first-order valence-electron chi connectivity index (χ1n) is 10.2. The van der Waals surface area contributed by atoms with Crippen LogP contribution in [0.3, 0.4) is 0 Å². The SMILES string of the molecule is Cc1ccc(NC(=O)Cc2nc(CN3CCC[C@H]4CCCC[C@@H]43)cs2)cc1. The Hall–Kier alpha value is -1.72. The molecule has 4 nitrogen and oxygen atoms in total. The van der Waals surface area contributed by atoms with Crippen LogP contribution in [0.1, 0.15) is 54.8 Å². The van der Waals surface area contributed by atoms with Crippen LogP contribution in [-0.2, 0) is 17.8 Å². The maximum atomic E-state index is 12.3. The molecule has 0 bridgehead atoms. The summed E-state index contributed by atoms with van der Waals surface area (Å²) >= 11 is 1.61. The van der Waals surface area contributed by atoms with Gasteiger partial charge in [-0.3, -0.25) is 9.69 Å². The van der Waals surface area contributed by atoms with Crippen molar-refractivity contribution in [1.82, 2.24) is 9.88 Å². The number of nitrogens with one attached hydrogen (secondary N) is 1. The van der Waals surface area contributed by atoms with Gasteiger partial charge in [-0.05, 0) is 57.2 Å². The number of hydrogen-bond donors (Lipinski definition) is 1. The molecule has 144 valence electrons. The highest BCUT2D eigenvalue weighted by molar-refractivity contribution is 7.09. The number of aryl methyl sites for hydroxylation is 1. The van der Waals surface area contributed by atoms with Crippen LogP contribution < -0.4 is 5.32 Å². The van der Waals surface area contributed by atoms with Gasteiger partial charge < -0.3 is 5.32 Å². The molecule has 0 spiro atoms. The monoisotopic (exact) mass is 383 g/mol. The largest absolute Gasteiger partial charge is 0.326 e. The first-order chi connectivity index (χ1) is 13.2. The third-order valence-electron chi connectivity index (χ3n) is 5.97. The van der Waals surface area contributed by atoms with Gasteiger partial charge in [-0.25, -0.2) is 4.98 Å². The summed E-state index contributed by atoms with van der Waals surface area (Å²) in [6.07, 6.45) is 8.61. The molecular weight excluding hydrogens is 354 g/mol. The van der Waals surface area contributed by atoms with Crippen LogP contribution in [0.5, 0.6) is 0 Å². The zero-order chi connectivity index (χ0) is 18.6. The third-order valence-corrected chi connectivity index (χ3v) is 6.87. The molecule has 0 radical (unpaired) electrons. The fourth-order valence-electron chi connectivity index (χ4n) is 4.61. The second-order valence-electron chi connectivity index (χ2n) is 8.05. The number of piperidine rings is 1. The normalized spacial score (nSPS) is 23.0. The number of nitrogens with zero attached hydrogens (tertiary/aromatic N) is 2. The standard InChI is InChI=1S/C22H29N3OS/c1-16-8-10-18(11-9-16)23-21(26)13-22-24-19(15-27-22)14-25-12-4-6-17-5-2-3-7-20(17)25/h8-11,15,17,20H,2-7,12-14H2,1H3,(H,23,26)/t17-,20+/m1/s1. The number of anilines is 1. The van der Waals surface area contributed by atoms with E-state index >= 15 is 0 Å². The highest BCUT2D eigenvalue weighted by Gasteiger charge is 2.33. The minimum atomic E-state index is 0.00469. The first-order valence-corrected chi connectivity index (χ1v) is 11.1. The summed E-state index contributed by atoms with van der Waals surface area (Å²) in [5.41, 5.74) is 3.17. The average molecular weight is 384 g/mol. The molecule has 0 unspecified atom stereocenters. The van der Waals surface area contributed by atoms with E-state index in [0.29, 0.717) is 6.42 Å². The van der Waals surface area contributed by atoms with Gasteiger partial charge in [0.05, 0.1) is 12.1 Å². The molecule has 1 amide bonds. The van der Waals surface area contributed by atoms with E-state index in [2.05, 4.69) is 15.6 Å². The fourth-order valence-corrected chi connectivity index (χ4v) is 5.40. The molecule has 4 rings (SSSR count). The fraction of sp³-hybridized carbons (Fsp3) is 0.545. The van der Waals surface area contributed by atoms with Crippen molar-refractivity contribution in [3.05, 3.63) is 45.9 Å². The molecule has 2 fully saturated rings. The smallest absolute Gasteiger partial charge is 0.231 e. The van der Waals surface area contributed by atoms with Gasteiger partial charge in [0.1, 0.15) is 5.01 Å². The van der Waals surface area contributed by atoms with E-state index in [4.69, 9.17) is 4.98 Å². The Labute approximate surface area is 166 Å². The van der Waals surface area contributed by atoms with Crippen molar-refractivity contribution in [2.75, 3.05) is 11.9 Å². The Balaban J connectivity index is 1.32. The van der Waals surface area contributed by atoms with Crippen molar-refractivity contribution in [2.24, 2.45) is 5.92 Å². The molecule has 5 heteroatoms. The number of rotatable bonds is 5. The molecule has 1 aromatic heterocycles. The summed E-state index contributed by atoms with van der Waals surface area (Å²) in [7, 11) is 0. The van der Waals surface area contributed by atoms with Crippen LogP contribution in [0.4, 0.5) is 5.69 Å². The van der Waals surface area contributed by atoms with Crippen LogP contribution in [-0.4, -0.2) is 28.4 Å². The van der Waals surface area contributed by atoms with Crippen molar-refractivity contribution < 1.29 is 4.79 Å². The topological polar surface area (TPSA) is 45.2 Å². The van der Waals surface area contributed by atoms with Crippen LogP contribution in [0.2, 0.25) is 0 Å². The lowest BCUT2D eigenvalue weighted by Crippen LogP contribution is -2.46. The highest BCUT2D eigenvalue weighted by Crippen LogP contribution is 2.36. The van der Waals surface area contributed by atoms with E-state index in [1.807, 2.05) is 31.2 Å². The lowest BCUT2D eigenvalue weighted by atomic mass is 9.78. The Morgan fingerprint density at radius 1 is 1.19 bits per heavy atom. The lowest BCUT2D eigenvalue weighted by Gasteiger charge is -2.44. The number of fused-ring (bicyclic) bond motifs is 1. The summed E-state index contributed by atoms with van der Waals surface area (Å²) in [6.45, 7) is 4.18. The first kappa shape index (κ1) is 18.6. The summed E-state index contributed by atoms with van der Waals surface area (Å²) in [5.74, 6) is 0.899. The molecule has 1 aliphatic heterocycles. The molecular formula is C22H29N3OS. The summed E-state index contributed by atoms with van der Waals surface area (Å²) in [6, 6.07) is 8.65. The quantitative estimate of drug-likeness (QED) is 0.807. The van der Waals surface area contributed by atoms with Crippen LogP contribution in [0.15, 0.2) is 29.6 Å². The molecule has 1 aliphatic carbocycles. The van der Waals surface area contributed by atoms with Gasteiger partial charge in [-0.1, -0.05) is 30.5 Å². The number of amides is 1. The zero-order valence-corrected chi connectivity index (χ0v) is 16.9. The van der Waals surface area contributed by atoms with Gasteiger partial charge in [0, 0.05) is 23.7 Å². The lowest BCUT2D eigenvalue weighted by molar-refractivity contribution is -0.115. The predicted molar refractivity (Wildman–Crippen MR) is 111 cm³/mol. The second kappa shape index (κ2) is 8.53. The van der Waals surface area contributed by atoms with E-state index in [0.717, 1.165) is 34.9 Å². The van der Waals surface area contributed by atoms with Crippen molar-refractivity contribution in [2.45, 2.75) is 64.5 Å². The van der Waals surface area contributed by atoms with Crippen molar-refractivity contribution in [3.63, 3.8) is 0 Å². The molecule has 1 aromatic carbocycles. The van der Waals surface area contributed by atoms with Crippen LogP contribution in [0, 0.1) is 12.8 Å². The number of aromatic nitrogens is 1. The minimum Gasteiger partial charge on any atom is -0.326 e. The number of benzene rings is 1. The molecule has 1 N–H and O–H groups in total. The van der Waals surface area contributed by atoms with E-state index < -0.39 is 0 Å². The van der Waals surface area contributed by atoms with E-state index in [-0.39, 0.29) is 5.91 Å². The number of carbonyl (C=O) groups is 1. The number of thiazole rings is 1. The Morgan fingerprint density at radius 3 is 2.81 bits per heavy atom. The maximum Gasteiger partial charge on any atom is 0.231 e. The van der Waals surface area contributed by atoms with Gasteiger partial charge in [-0.2, -0.15) is 0 Å². The van der Waals surface area contributed by atoms with E-state index in [1.54, 1.807) is 11.3 Å². The molecule has 1 saturated heterocycles. The summed E-state index contributed by atoms with van der Waals surface area (Å²) in [4.78, 5) is 19.7. The Morgan fingerprint density at radius 2 is 1.96 bits per heavy atom. The van der Waals surface area contributed by atoms with Crippen molar-refractivity contribution in [1.29, 1.82) is 0 Å². The second-order valence-corrected chi connectivity index (χ2v) is 8.99. The van der Waals surface area contributed by atoms with Crippen LogP contribution >= 0.6 is 11.3 Å². The number of hydrogen-bond acceptors (Lipinski definition) is 4. The van der Waals surface area contributed by atoms with Gasteiger partial charge >= 0.3 is 0 Å². The highest BCUT2D eigenvalue weighted by atomic mass is 32.1. The van der Waals surface area contributed by atoms with Gasteiger partial charge in [0.25, 0.3) is 0 Å². The summed E-state index contributed by atoms with van der Waals surface area (Å²) in [5, 5.41) is 6.01. The molecule has 1 saturated carbocycles. The molecule has 2 heterocycles. The zero-order valence-electron chi connectivity index (χ0n) is 16.1. The minimum absolute atomic E-state index is 0.00469. The van der Waals surface area contributed by atoms with Crippen molar-refractivity contribution >= 4 is 22.9 Å². The molecule has 2 aromatic rings. The van der Waals surface area contributed by atoms with Crippen LogP contribution in [0.25, 0.3) is 0 Å². The number of likely N-dealkylation sites (tertiary alicyclic amines) is 1. The van der Waals surface area contributed by atoms with Crippen molar-refractivity contribution in [3.8, 4) is 0 Å². The van der Waals surface area contributed by atoms with Gasteiger partial charge in [0.15, 0.2) is 0 Å². The average Bonchev–Trinajstić information content (AvgIpc) is 3.10. The van der Waals surface area contributed by atoms with Gasteiger partial charge in [0.2, 0.25) is 5.91 Å². The van der Waals surface area contributed by atoms with E-state index in [1.165, 1.54) is 50.6 Å². The predicted octanol–water partition coefficient (Wildman–Crippen LogP) is 4.79. The number of carbonyl (C=O) groups excluding carboxylic acids is 1.